The van der Waals surface area contributed by atoms with E-state index in [1.54, 1.807) is 0 Å². The summed E-state index contributed by atoms with van der Waals surface area (Å²) in [6.45, 7) is 6.89. The van der Waals surface area contributed by atoms with Crippen LogP contribution in [-0.2, 0) is 6.54 Å². The molecule has 2 unspecified atom stereocenters. The monoisotopic (exact) mass is 471 g/mol. The first kappa shape index (κ1) is 21.3. The molecule has 1 aliphatic carbocycles. The Morgan fingerprint density at radius 2 is 2.12 bits per heavy atom. The summed E-state index contributed by atoms with van der Waals surface area (Å²) in [4.78, 5) is 4.68. The summed E-state index contributed by atoms with van der Waals surface area (Å²) < 4.78 is 6.07. The molecule has 1 heterocycles. The van der Waals surface area contributed by atoms with Crippen molar-refractivity contribution < 1.29 is 4.74 Å². The summed E-state index contributed by atoms with van der Waals surface area (Å²) in [5, 5.41) is 7.06. The van der Waals surface area contributed by atoms with Gasteiger partial charge in [0.15, 0.2) is 5.96 Å². The molecular formula is C21H34IN3O. The van der Waals surface area contributed by atoms with E-state index in [1.165, 1.54) is 49.7 Å². The lowest BCUT2D eigenvalue weighted by Gasteiger charge is -2.27. The number of halogens is 1. The SMILES string of the molecule is CCCCCCOc1cc(C)ccc1CNC1=NCC2CCCC2N1.I. The Morgan fingerprint density at radius 1 is 1.23 bits per heavy atom. The van der Waals surface area contributed by atoms with Gasteiger partial charge in [-0.05, 0) is 43.7 Å². The van der Waals surface area contributed by atoms with Crippen molar-refractivity contribution >= 4 is 29.9 Å². The van der Waals surface area contributed by atoms with Crippen LogP contribution in [0.4, 0.5) is 0 Å². The Kier molecular flexibility index (Phi) is 9.02. The Hall–Kier alpha value is -0.980. The highest BCUT2D eigenvalue weighted by Gasteiger charge is 2.30. The second kappa shape index (κ2) is 11.0. The molecule has 146 valence electrons. The summed E-state index contributed by atoms with van der Waals surface area (Å²) in [5.41, 5.74) is 2.45. The van der Waals surface area contributed by atoms with Crippen LogP contribution < -0.4 is 15.4 Å². The number of fused-ring (bicyclic) bond motifs is 1. The maximum absolute atomic E-state index is 6.07. The largest absolute Gasteiger partial charge is 0.493 e. The van der Waals surface area contributed by atoms with Crippen LogP contribution in [0, 0.1) is 12.8 Å². The number of aliphatic imine (C=N–C) groups is 1. The molecule has 0 spiro atoms. The maximum atomic E-state index is 6.07. The minimum absolute atomic E-state index is 0. The first-order chi connectivity index (χ1) is 12.3. The first-order valence-electron chi connectivity index (χ1n) is 10.0. The zero-order valence-corrected chi connectivity index (χ0v) is 18.6. The molecule has 0 aromatic heterocycles. The van der Waals surface area contributed by atoms with Crippen LogP contribution in [-0.4, -0.2) is 25.2 Å². The summed E-state index contributed by atoms with van der Waals surface area (Å²) >= 11 is 0. The molecule has 2 N–H and O–H groups in total. The third-order valence-electron chi connectivity index (χ3n) is 5.39. The van der Waals surface area contributed by atoms with Crippen molar-refractivity contribution in [1.82, 2.24) is 10.6 Å². The van der Waals surface area contributed by atoms with Crippen molar-refractivity contribution in [2.75, 3.05) is 13.2 Å². The van der Waals surface area contributed by atoms with Crippen molar-refractivity contribution in [2.45, 2.75) is 71.4 Å². The molecule has 26 heavy (non-hydrogen) atoms. The molecule has 1 aromatic carbocycles. The van der Waals surface area contributed by atoms with Gasteiger partial charge in [-0.15, -0.1) is 24.0 Å². The zero-order valence-electron chi connectivity index (χ0n) is 16.2. The number of nitrogens with zero attached hydrogens (tertiary/aromatic N) is 1. The fourth-order valence-corrected chi connectivity index (χ4v) is 3.81. The predicted molar refractivity (Wildman–Crippen MR) is 120 cm³/mol. The third-order valence-corrected chi connectivity index (χ3v) is 5.39. The van der Waals surface area contributed by atoms with Crippen molar-refractivity contribution in [3.05, 3.63) is 29.3 Å². The lowest BCUT2D eigenvalue weighted by molar-refractivity contribution is 0.301. The van der Waals surface area contributed by atoms with Gasteiger partial charge >= 0.3 is 0 Å². The van der Waals surface area contributed by atoms with E-state index in [0.717, 1.165) is 43.7 Å². The van der Waals surface area contributed by atoms with Crippen molar-refractivity contribution in [2.24, 2.45) is 10.9 Å². The van der Waals surface area contributed by atoms with Crippen LogP contribution in [0.3, 0.4) is 0 Å². The highest BCUT2D eigenvalue weighted by molar-refractivity contribution is 14.0. The number of aryl methyl sites for hydroxylation is 1. The Bertz CT molecular complexity index is 591. The molecule has 0 bridgehead atoms. The minimum atomic E-state index is 0. The molecule has 2 atom stereocenters. The maximum Gasteiger partial charge on any atom is 0.191 e. The topological polar surface area (TPSA) is 45.6 Å². The summed E-state index contributed by atoms with van der Waals surface area (Å²) in [6, 6.07) is 7.10. The molecule has 0 saturated heterocycles. The van der Waals surface area contributed by atoms with Gasteiger partial charge in [0, 0.05) is 24.7 Å². The molecule has 5 heteroatoms. The van der Waals surface area contributed by atoms with Crippen LogP contribution in [0.25, 0.3) is 0 Å². The van der Waals surface area contributed by atoms with Gasteiger partial charge in [-0.3, -0.25) is 4.99 Å². The molecule has 0 radical (unpaired) electrons. The smallest absolute Gasteiger partial charge is 0.191 e. The van der Waals surface area contributed by atoms with Gasteiger partial charge in [-0.2, -0.15) is 0 Å². The average molecular weight is 471 g/mol. The van der Waals surface area contributed by atoms with Gasteiger partial charge in [-0.25, -0.2) is 0 Å². The van der Waals surface area contributed by atoms with Crippen LogP contribution in [0.1, 0.15) is 63.0 Å². The van der Waals surface area contributed by atoms with E-state index < -0.39 is 0 Å². The van der Waals surface area contributed by atoms with Crippen molar-refractivity contribution in [3.8, 4) is 5.75 Å². The molecular weight excluding hydrogens is 437 g/mol. The van der Waals surface area contributed by atoms with E-state index >= 15 is 0 Å². The van der Waals surface area contributed by atoms with Gasteiger partial charge in [-0.1, -0.05) is 44.7 Å². The first-order valence-corrected chi connectivity index (χ1v) is 10.0. The van der Waals surface area contributed by atoms with Crippen LogP contribution in [0.2, 0.25) is 0 Å². The number of guanidine groups is 1. The highest BCUT2D eigenvalue weighted by Crippen LogP contribution is 2.27. The molecule has 1 saturated carbocycles. The molecule has 2 aliphatic rings. The van der Waals surface area contributed by atoms with Gasteiger partial charge in [0.2, 0.25) is 0 Å². The fourth-order valence-electron chi connectivity index (χ4n) is 3.81. The predicted octanol–water partition coefficient (Wildman–Crippen LogP) is 4.79. The normalized spacial score (nSPS) is 21.2. The molecule has 1 fully saturated rings. The van der Waals surface area contributed by atoms with Gasteiger partial charge in [0.05, 0.1) is 6.61 Å². The van der Waals surface area contributed by atoms with E-state index in [0.29, 0.717) is 6.04 Å². The molecule has 0 amide bonds. The van der Waals surface area contributed by atoms with E-state index in [9.17, 15) is 0 Å². The number of benzene rings is 1. The number of hydrogen-bond acceptors (Lipinski definition) is 4. The van der Waals surface area contributed by atoms with E-state index in [2.05, 4.69) is 47.7 Å². The fraction of sp³-hybridized carbons (Fsp3) is 0.667. The Labute approximate surface area is 175 Å². The lowest BCUT2D eigenvalue weighted by atomic mass is 10.0. The van der Waals surface area contributed by atoms with Crippen LogP contribution >= 0.6 is 24.0 Å². The lowest BCUT2D eigenvalue weighted by Crippen LogP contribution is -2.48. The minimum Gasteiger partial charge on any atom is -0.493 e. The number of nitrogens with one attached hydrogen (secondary N) is 2. The molecule has 1 aromatic rings. The highest BCUT2D eigenvalue weighted by atomic mass is 127. The summed E-state index contributed by atoms with van der Waals surface area (Å²) in [7, 11) is 0. The Balaban J connectivity index is 0.00000243. The second-order valence-corrected chi connectivity index (χ2v) is 7.50. The number of hydrogen-bond donors (Lipinski definition) is 2. The molecule has 1 aliphatic heterocycles. The summed E-state index contributed by atoms with van der Waals surface area (Å²) in [5.74, 6) is 2.71. The number of rotatable bonds is 8. The van der Waals surface area contributed by atoms with E-state index in [4.69, 9.17) is 4.74 Å². The molecule has 3 rings (SSSR count). The van der Waals surface area contributed by atoms with E-state index in [1.807, 2.05) is 0 Å². The van der Waals surface area contributed by atoms with Gasteiger partial charge in [0.1, 0.15) is 5.75 Å². The van der Waals surface area contributed by atoms with Crippen LogP contribution in [0.5, 0.6) is 5.75 Å². The zero-order chi connectivity index (χ0) is 17.5. The second-order valence-electron chi connectivity index (χ2n) is 7.50. The van der Waals surface area contributed by atoms with Crippen molar-refractivity contribution in [3.63, 3.8) is 0 Å². The van der Waals surface area contributed by atoms with Crippen LogP contribution in [0.15, 0.2) is 23.2 Å². The average Bonchev–Trinajstić information content (AvgIpc) is 3.08. The van der Waals surface area contributed by atoms with Gasteiger partial charge < -0.3 is 15.4 Å². The Morgan fingerprint density at radius 3 is 2.96 bits per heavy atom. The summed E-state index contributed by atoms with van der Waals surface area (Å²) in [6.07, 6.45) is 8.87. The number of ether oxygens (including phenoxy) is 1. The standard InChI is InChI=1S/C21H33N3O.HI/c1-3-4-5-6-12-25-20-13-16(2)10-11-18(20)15-23-21-22-14-17-8-7-9-19(17)24-21;/h10-11,13,17,19H,3-9,12,14-15H2,1-2H3,(H2,22,23,24);1H. The quantitative estimate of drug-likeness (QED) is 0.424. The number of unbranched alkanes of at least 4 members (excludes halogenated alkanes) is 3. The third kappa shape index (κ3) is 6.03. The van der Waals surface area contributed by atoms with Crippen molar-refractivity contribution in [1.29, 1.82) is 0 Å². The van der Waals surface area contributed by atoms with Gasteiger partial charge in [0.25, 0.3) is 0 Å². The molecule has 4 nitrogen and oxygen atoms in total. The van der Waals surface area contributed by atoms with E-state index in [-0.39, 0.29) is 24.0 Å².